The number of nitrogens with zero attached hydrogens (tertiary/aromatic N) is 2. The van der Waals surface area contributed by atoms with Gasteiger partial charge >= 0.3 is 0 Å². The van der Waals surface area contributed by atoms with Crippen LogP contribution in [0.5, 0.6) is 0 Å². The van der Waals surface area contributed by atoms with Gasteiger partial charge in [-0.05, 0) is 76.3 Å². The van der Waals surface area contributed by atoms with Crippen molar-refractivity contribution >= 4 is 43.7 Å². The van der Waals surface area contributed by atoms with E-state index in [9.17, 15) is 5.26 Å². The molecule has 6 aromatic carbocycles. The molecule has 0 saturated heterocycles. The van der Waals surface area contributed by atoms with Crippen molar-refractivity contribution in [2.45, 2.75) is 19.3 Å². The first-order valence-electron chi connectivity index (χ1n) is 14.7. The number of rotatable bonds is 2. The third-order valence-electron chi connectivity index (χ3n) is 9.45. The molecule has 0 unspecified atom stereocenters. The lowest BCUT2D eigenvalue weighted by molar-refractivity contribution is 0.647. The summed E-state index contributed by atoms with van der Waals surface area (Å²) in [4.78, 5) is 0. The van der Waals surface area contributed by atoms with Crippen molar-refractivity contribution in [3.8, 4) is 34.0 Å². The van der Waals surface area contributed by atoms with Gasteiger partial charge in [0.1, 0.15) is 11.2 Å². The fraction of sp³-hybridized carbons (Fsp3) is 0.0750. The minimum Gasteiger partial charge on any atom is -0.456 e. The van der Waals surface area contributed by atoms with E-state index in [1.165, 1.54) is 33.0 Å². The van der Waals surface area contributed by atoms with Crippen LogP contribution >= 0.6 is 0 Å². The van der Waals surface area contributed by atoms with E-state index in [-0.39, 0.29) is 5.41 Å². The van der Waals surface area contributed by atoms with E-state index in [0.717, 1.165) is 49.8 Å². The topological polar surface area (TPSA) is 41.9 Å². The Morgan fingerprint density at radius 2 is 1.30 bits per heavy atom. The maximum absolute atomic E-state index is 10.3. The van der Waals surface area contributed by atoms with Crippen LogP contribution in [0.3, 0.4) is 0 Å². The molecule has 0 fully saturated rings. The van der Waals surface area contributed by atoms with Crippen LogP contribution in [-0.4, -0.2) is 4.57 Å². The van der Waals surface area contributed by atoms with E-state index >= 15 is 0 Å². The molecule has 43 heavy (non-hydrogen) atoms. The van der Waals surface area contributed by atoms with Crippen LogP contribution < -0.4 is 0 Å². The van der Waals surface area contributed by atoms with Crippen molar-refractivity contribution in [3.63, 3.8) is 0 Å². The van der Waals surface area contributed by atoms with Crippen molar-refractivity contribution in [3.05, 3.63) is 138 Å². The van der Waals surface area contributed by atoms with Gasteiger partial charge in [0.15, 0.2) is 0 Å². The zero-order valence-corrected chi connectivity index (χ0v) is 23.8. The van der Waals surface area contributed by atoms with Crippen molar-refractivity contribution in [2.24, 2.45) is 0 Å². The maximum atomic E-state index is 10.3. The van der Waals surface area contributed by atoms with E-state index in [4.69, 9.17) is 4.42 Å². The molecule has 9 rings (SSSR count). The zero-order chi connectivity index (χ0) is 28.9. The summed E-state index contributed by atoms with van der Waals surface area (Å²) in [5.41, 5.74) is 12.5. The Bertz CT molecular complexity index is 2450. The number of hydrogen-bond donors (Lipinski definition) is 0. The van der Waals surface area contributed by atoms with Crippen molar-refractivity contribution in [1.29, 1.82) is 5.26 Å². The number of hydrogen-bond acceptors (Lipinski definition) is 2. The van der Waals surface area contributed by atoms with E-state index in [0.29, 0.717) is 5.56 Å². The summed E-state index contributed by atoms with van der Waals surface area (Å²) >= 11 is 0. The molecule has 2 heterocycles. The van der Waals surface area contributed by atoms with Gasteiger partial charge in [-0.2, -0.15) is 5.26 Å². The largest absolute Gasteiger partial charge is 0.456 e. The molecule has 3 heteroatoms. The van der Waals surface area contributed by atoms with Gasteiger partial charge in [-0.3, -0.25) is 0 Å². The van der Waals surface area contributed by atoms with Gasteiger partial charge in [0, 0.05) is 32.5 Å². The fourth-order valence-corrected chi connectivity index (χ4v) is 7.43. The molecule has 0 radical (unpaired) electrons. The van der Waals surface area contributed by atoms with Crippen LogP contribution in [-0.2, 0) is 5.41 Å². The maximum Gasteiger partial charge on any atom is 0.136 e. The first-order chi connectivity index (χ1) is 21.0. The highest BCUT2D eigenvalue weighted by atomic mass is 16.3. The second-order valence-electron chi connectivity index (χ2n) is 12.1. The summed E-state index contributed by atoms with van der Waals surface area (Å²) in [6, 6.07) is 45.0. The lowest BCUT2D eigenvalue weighted by atomic mass is 9.82. The van der Waals surface area contributed by atoms with Crippen molar-refractivity contribution < 1.29 is 4.42 Å². The van der Waals surface area contributed by atoms with Crippen molar-refractivity contribution in [2.75, 3.05) is 0 Å². The lowest BCUT2D eigenvalue weighted by Crippen LogP contribution is -2.14. The second kappa shape index (κ2) is 8.47. The van der Waals surface area contributed by atoms with Crippen LogP contribution in [0.25, 0.3) is 71.7 Å². The number of furan rings is 1. The molecule has 0 N–H and O–H groups in total. The zero-order valence-electron chi connectivity index (χ0n) is 23.8. The third-order valence-corrected chi connectivity index (χ3v) is 9.45. The minimum absolute atomic E-state index is 0.0901. The Kier molecular flexibility index (Phi) is 4.74. The van der Waals surface area contributed by atoms with E-state index in [2.05, 4.69) is 134 Å². The van der Waals surface area contributed by atoms with Crippen LogP contribution in [0.4, 0.5) is 0 Å². The van der Waals surface area contributed by atoms with Gasteiger partial charge in [-0.1, -0.05) is 86.6 Å². The average Bonchev–Trinajstić information content (AvgIpc) is 3.65. The Labute approximate surface area is 248 Å². The van der Waals surface area contributed by atoms with Crippen LogP contribution in [0.15, 0.2) is 126 Å². The van der Waals surface area contributed by atoms with Gasteiger partial charge in [0.05, 0.1) is 28.4 Å². The minimum atomic E-state index is -0.0901. The summed E-state index contributed by atoms with van der Waals surface area (Å²) in [6.07, 6.45) is 0. The first kappa shape index (κ1) is 24.1. The highest BCUT2D eigenvalue weighted by molar-refractivity contribution is 6.11. The third kappa shape index (κ3) is 3.18. The Morgan fingerprint density at radius 1 is 0.605 bits per heavy atom. The van der Waals surface area contributed by atoms with E-state index in [1.54, 1.807) is 0 Å². The van der Waals surface area contributed by atoms with Gasteiger partial charge < -0.3 is 8.98 Å². The predicted octanol–water partition coefficient (Wildman–Crippen LogP) is 10.5. The van der Waals surface area contributed by atoms with E-state index in [1.807, 2.05) is 12.1 Å². The molecule has 0 bridgehead atoms. The van der Waals surface area contributed by atoms with Crippen LogP contribution in [0, 0.1) is 11.3 Å². The molecule has 1 aliphatic rings. The molecule has 0 aliphatic heterocycles. The quantitative estimate of drug-likeness (QED) is 0.215. The Morgan fingerprint density at radius 3 is 2.07 bits per heavy atom. The van der Waals surface area contributed by atoms with Gasteiger partial charge in [-0.15, -0.1) is 0 Å². The summed E-state index contributed by atoms with van der Waals surface area (Å²) < 4.78 is 8.87. The highest BCUT2D eigenvalue weighted by Gasteiger charge is 2.36. The molecular weight excluding hydrogens is 524 g/mol. The Hall–Kier alpha value is -5.59. The summed E-state index contributed by atoms with van der Waals surface area (Å²) in [7, 11) is 0. The smallest absolute Gasteiger partial charge is 0.136 e. The normalized spacial score (nSPS) is 13.5. The Balaban J connectivity index is 1.29. The predicted molar refractivity (Wildman–Crippen MR) is 176 cm³/mol. The lowest BCUT2D eigenvalue weighted by Gasteiger charge is -2.21. The van der Waals surface area contributed by atoms with Crippen LogP contribution in [0.1, 0.15) is 30.5 Å². The number of aromatic nitrogens is 1. The number of benzene rings is 6. The van der Waals surface area contributed by atoms with E-state index < -0.39 is 0 Å². The summed E-state index contributed by atoms with van der Waals surface area (Å²) in [6.45, 7) is 4.58. The summed E-state index contributed by atoms with van der Waals surface area (Å²) in [5, 5.41) is 14.9. The van der Waals surface area contributed by atoms with Gasteiger partial charge in [0.2, 0.25) is 0 Å². The molecule has 0 atom stereocenters. The number of nitriles is 1. The highest BCUT2D eigenvalue weighted by Crippen LogP contribution is 2.51. The molecule has 1 aliphatic carbocycles. The monoisotopic (exact) mass is 550 g/mol. The number of para-hydroxylation sites is 2. The average molecular weight is 551 g/mol. The van der Waals surface area contributed by atoms with Crippen molar-refractivity contribution in [1.82, 2.24) is 4.57 Å². The molecular formula is C40H26N2O. The van der Waals surface area contributed by atoms with Gasteiger partial charge in [0.25, 0.3) is 0 Å². The first-order valence-corrected chi connectivity index (χ1v) is 14.7. The SMILES string of the molecule is CC1(C)c2ccccc2-c2cc3c(cc21)oc1cc(-c2c(C#N)cccc2-n2c4ccccc4c4ccccc42)ccc13. The molecule has 3 nitrogen and oxygen atoms in total. The number of fused-ring (bicyclic) bond motifs is 9. The molecule has 2 aromatic heterocycles. The molecule has 0 spiro atoms. The molecule has 202 valence electrons. The molecule has 8 aromatic rings. The standard InChI is InChI=1S/C40H26N2O/c1-40(2)32-14-6-3-11-26(32)30-21-31-29-19-18-24(20-37(29)43-38(31)22-33(30)40)39-25(23-41)10-9-17-36(39)42-34-15-7-4-12-27(34)28-13-5-8-16-35(28)42/h3-22H,1-2H3. The summed E-state index contributed by atoms with van der Waals surface area (Å²) in [5.74, 6) is 0. The van der Waals surface area contributed by atoms with Crippen LogP contribution in [0.2, 0.25) is 0 Å². The second-order valence-corrected chi connectivity index (χ2v) is 12.1. The molecule has 0 amide bonds. The fourth-order valence-electron chi connectivity index (χ4n) is 7.43. The van der Waals surface area contributed by atoms with Gasteiger partial charge in [-0.25, -0.2) is 0 Å². The molecule has 0 saturated carbocycles.